The highest BCUT2D eigenvalue weighted by atomic mass is 32.2. The smallest absolute Gasteiger partial charge is 0.407 e. The fourth-order valence-corrected chi connectivity index (χ4v) is 7.73. The molecule has 0 radical (unpaired) electrons. The van der Waals surface area contributed by atoms with Crippen LogP contribution in [0.15, 0.2) is 58.6 Å². The maximum Gasteiger partial charge on any atom is 0.407 e. The van der Waals surface area contributed by atoms with E-state index in [0.717, 1.165) is 0 Å². The standard InChI is InChI=1S/C28H36N4O9S2/c1-19(2)42(35,36)23-5-3-4-21(12-23)39-17-20(33)15-31-27(34)41-22-14-28(40-18-22)7-10-32(11-8-28)43(37,38)24-13-26-25(30-16-24)6-9-29-26/h3-6,9,12-13,16,19-20,22,29,33H,7-8,10-11,14-15,17-18H2,1-2H3,(H,31,34)/t20-,22+/m0/s1. The number of H-pyrrole nitrogens is 1. The number of ether oxygens (including phenoxy) is 3. The number of sulfonamides is 1. The number of amides is 1. The van der Waals surface area contributed by atoms with Gasteiger partial charge < -0.3 is 29.6 Å². The lowest BCUT2D eigenvalue weighted by Crippen LogP contribution is -2.46. The molecule has 1 aromatic carbocycles. The highest BCUT2D eigenvalue weighted by molar-refractivity contribution is 7.92. The molecule has 2 aromatic heterocycles. The van der Waals surface area contributed by atoms with Crippen LogP contribution in [0.5, 0.6) is 5.75 Å². The van der Waals surface area contributed by atoms with Crippen LogP contribution in [0.2, 0.25) is 0 Å². The molecule has 0 bridgehead atoms. The number of aromatic nitrogens is 2. The lowest BCUT2D eigenvalue weighted by atomic mass is 9.89. The van der Waals surface area contributed by atoms with E-state index >= 15 is 0 Å². The number of rotatable bonds is 10. The minimum Gasteiger partial charge on any atom is -0.491 e. The third-order valence-electron chi connectivity index (χ3n) is 7.77. The summed E-state index contributed by atoms with van der Waals surface area (Å²) in [7, 11) is -7.19. The fourth-order valence-electron chi connectivity index (χ4n) is 5.22. The van der Waals surface area contributed by atoms with Gasteiger partial charge in [0.05, 0.1) is 39.9 Å². The van der Waals surface area contributed by atoms with Gasteiger partial charge in [-0.05, 0) is 57.0 Å². The second-order valence-corrected chi connectivity index (χ2v) is 15.6. The number of carbonyl (C=O) groups is 1. The second kappa shape index (κ2) is 12.4. The third kappa shape index (κ3) is 6.96. The molecule has 0 saturated carbocycles. The number of nitrogens with one attached hydrogen (secondary N) is 2. The van der Waals surface area contributed by atoms with Gasteiger partial charge in [-0.25, -0.2) is 21.6 Å². The molecule has 2 aliphatic heterocycles. The normalized spacial score (nSPS) is 20.0. The third-order valence-corrected chi connectivity index (χ3v) is 11.8. The van der Waals surface area contributed by atoms with Crippen molar-refractivity contribution in [2.24, 2.45) is 0 Å². The first-order valence-electron chi connectivity index (χ1n) is 14.0. The number of fused-ring (bicyclic) bond motifs is 1. The highest BCUT2D eigenvalue weighted by Gasteiger charge is 2.46. The molecule has 15 heteroatoms. The first kappa shape index (κ1) is 31.2. The van der Waals surface area contributed by atoms with Gasteiger partial charge in [0.2, 0.25) is 10.0 Å². The van der Waals surface area contributed by atoms with E-state index in [-0.39, 0.29) is 48.4 Å². The van der Waals surface area contributed by atoms with Crippen LogP contribution in [0.4, 0.5) is 4.79 Å². The number of hydrogen-bond donors (Lipinski definition) is 3. The van der Waals surface area contributed by atoms with E-state index in [1.807, 2.05) is 0 Å². The van der Waals surface area contributed by atoms with E-state index in [4.69, 9.17) is 14.2 Å². The van der Waals surface area contributed by atoms with Crippen molar-refractivity contribution in [3.63, 3.8) is 0 Å². The van der Waals surface area contributed by atoms with Crippen molar-refractivity contribution < 1.29 is 40.9 Å². The molecule has 234 valence electrons. The van der Waals surface area contributed by atoms with E-state index < -0.39 is 49.0 Å². The predicted octanol–water partition coefficient (Wildman–Crippen LogP) is 2.22. The Balaban J connectivity index is 1.05. The number of sulfone groups is 1. The summed E-state index contributed by atoms with van der Waals surface area (Å²) in [5.41, 5.74) is 0.761. The minimum atomic E-state index is -3.72. The van der Waals surface area contributed by atoms with Crippen LogP contribution in [-0.2, 0) is 29.3 Å². The summed E-state index contributed by atoms with van der Waals surface area (Å²) in [6.45, 7) is 3.60. The maximum absolute atomic E-state index is 13.2. The van der Waals surface area contributed by atoms with Crippen LogP contribution < -0.4 is 10.1 Å². The van der Waals surface area contributed by atoms with Gasteiger partial charge in [-0.2, -0.15) is 4.31 Å². The quantitative estimate of drug-likeness (QED) is 0.299. The predicted molar refractivity (Wildman–Crippen MR) is 156 cm³/mol. The molecule has 3 aromatic rings. The summed E-state index contributed by atoms with van der Waals surface area (Å²) in [6.07, 6.45) is 2.13. The topological polar surface area (TPSA) is 177 Å². The van der Waals surface area contributed by atoms with E-state index in [0.29, 0.717) is 30.3 Å². The number of alkyl carbamates (subject to hydrolysis) is 1. The molecular weight excluding hydrogens is 600 g/mol. The Morgan fingerprint density at radius 3 is 2.70 bits per heavy atom. The van der Waals surface area contributed by atoms with Crippen LogP contribution in [0.3, 0.4) is 0 Å². The van der Waals surface area contributed by atoms with Gasteiger partial charge in [0.1, 0.15) is 29.5 Å². The molecular formula is C28H36N4O9S2. The van der Waals surface area contributed by atoms with Gasteiger partial charge in [0, 0.05) is 31.9 Å². The SMILES string of the molecule is CC(C)S(=O)(=O)c1cccc(OC[C@@H](O)CNC(=O)O[C@H]2COC3(CCN(S(=O)(=O)c4cnc5cc[nH]c5c4)CC3)C2)c1. The Hall–Kier alpha value is -3.24. The number of aromatic amines is 1. The molecule has 2 fully saturated rings. The number of aliphatic hydroxyl groups is 1. The Morgan fingerprint density at radius 2 is 1.95 bits per heavy atom. The number of aliphatic hydroxyl groups excluding tert-OH is 1. The molecule has 5 rings (SSSR count). The summed E-state index contributed by atoms with van der Waals surface area (Å²) in [5, 5.41) is 12.2. The summed E-state index contributed by atoms with van der Waals surface area (Å²) in [6, 6.07) is 9.39. The van der Waals surface area contributed by atoms with Crippen molar-refractivity contribution in [1.82, 2.24) is 19.6 Å². The average Bonchev–Trinajstić information content (AvgIpc) is 3.61. The van der Waals surface area contributed by atoms with Crippen molar-refractivity contribution in [2.75, 3.05) is 32.8 Å². The van der Waals surface area contributed by atoms with Gasteiger partial charge >= 0.3 is 6.09 Å². The van der Waals surface area contributed by atoms with Crippen molar-refractivity contribution >= 4 is 37.0 Å². The number of piperidine rings is 1. The molecule has 4 heterocycles. The minimum absolute atomic E-state index is 0.129. The molecule has 2 saturated heterocycles. The molecule has 0 unspecified atom stereocenters. The lowest BCUT2D eigenvalue weighted by Gasteiger charge is -2.37. The van der Waals surface area contributed by atoms with Gasteiger partial charge in [0.15, 0.2) is 9.84 Å². The Kier molecular flexibility index (Phi) is 9.00. The summed E-state index contributed by atoms with van der Waals surface area (Å²) in [4.78, 5) is 19.8. The lowest BCUT2D eigenvalue weighted by molar-refractivity contribution is -0.0325. The van der Waals surface area contributed by atoms with Gasteiger partial charge in [-0.3, -0.25) is 4.98 Å². The van der Waals surface area contributed by atoms with Gasteiger partial charge in [0.25, 0.3) is 0 Å². The molecule has 3 N–H and O–H groups in total. The largest absolute Gasteiger partial charge is 0.491 e. The summed E-state index contributed by atoms with van der Waals surface area (Å²) in [5.74, 6) is 0.286. The monoisotopic (exact) mass is 636 g/mol. The maximum atomic E-state index is 13.2. The molecule has 43 heavy (non-hydrogen) atoms. The first-order chi connectivity index (χ1) is 20.4. The van der Waals surface area contributed by atoms with Crippen LogP contribution in [-0.4, -0.2) is 98.2 Å². The summed E-state index contributed by atoms with van der Waals surface area (Å²) < 4.78 is 69.6. The van der Waals surface area contributed by atoms with Gasteiger partial charge in [-0.15, -0.1) is 0 Å². The van der Waals surface area contributed by atoms with Crippen LogP contribution in [0.1, 0.15) is 33.1 Å². The molecule has 2 aliphatic rings. The van der Waals surface area contributed by atoms with Crippen LogP contribution in [0, 0.1) is 0 Å². The zero-order chi connectivity index (χ0) is 30.8. The van der Waals surface area contributed by atoms with Crippen LogP contribution >= 0.6 is 0 Å². The highest BCUT2D eigenvalue weighted by Crippen LogP contribution is 2.38. The number of benzene rings is 1. The molecule has 1 amide bonds. The fraction of sp³-hybridized carbons (Fsp3) is 0.500. The average molecular weight is 637 g/mol. The van der Waals surface area contributed by atoms with Gasteiger partial charge in [-0.1, -0.05) is 6.07 Å². The van der Waals surface area contributed by atoms with E-state index in [1.54, 1.807) is 44.3 Å². The molecule has 2 atom stereocenters. The molecule has 1 spiro atoms. The van der Waals surface area contributed by atoms with E-state index in [2.05, 4.69) is 15.3 Å². The van der Waals surface area contributed by atoms with Crippen molar-refractivity contribution in [1.29, 1.82) is 0 Å². The zero-order valence-corrected chi connectivity index (χ0v) is 25.6. The Labute approximate surface area is 250 Å². The number of pyridine rings is 1. The van der Waals surface area contributed by atoms with E-state index in [9.17, 15) is 26.7 Å². The first-order valence-corrected chi connectivity index (χ1v) is 17.0. The summed E-state index contributed by atoms with van der Waals surface area (Å²) >= 11 is 0. The zero-order valence-electron chi connectivity index (χ0n) is 23.9. The number of hydrogen-bond acceptors (Lipinski definition) is 10. The second-order valence-electron chi connectivity index (χ2n) is 11.1. The van der Waals surface area contributed by atoms with Crippen molar-refractivity contribution in [3.8, 4) is 5.75 Å². The number of carbonyl (C=O) groups excluding carboxylic acids is 1. The molecule has 13 nitrogen and oxygen atoms in total. The Bertz CT molecular complexity index is 1670. The molecule has 0 aliphatic carbocycles. The van der Waals surface area contributed by atoms with Crippen molar-refractivity contribution in [3.05, 3.63) is 48.8 Å². The van der Waals surface area contributed by atoms with Crippen molar-refractivity contribution in [2.45, 2.75) is 66.0 Å². The van der Waals surface area contributed by atoms with E-state index in [1.165, 1.54) is 22.6 Å². The van der Waals surface area contributed by atoms with Crippen LogP contribution in [0.25, 0.3) is 11.0 Å². The number of nitrogens with zero attached hydrogens (tertiary/aromatic N) is 2. The Morgan fingerprint density at radius 1 is 1.19 bits per heavy atom.